The maximum absolute atomic E-state index is 14.8. The van der Waals surface area contributed by atoms with Gasteiger partial charge in [-0.15, -0.1) is 0 Å². The van der Waals surface area contributed by atoms with Gasteiger partial charge in [-0.25, -0.2) is 9.38 Å². The number of alkyl halides is 1. The van der Waals surface area contributed by atoms with Gasteiger partial charge < -0.3 is 20.7 Å². The van der Waals surface area contributed by atoms with Crippen molar-refractivity contribution in [2.24, 2.45) is 15.8 Å². The number of para-hydroxylation sites is 1. The fraction of sp³-hybridized carbons (Fsp3) is 0.304. The minimum atomic E-state index is -1.01. The summed E-state index contributed by atoms with van der Waals surface area (Å²) in [4.78, 5) is 6.26. The summed E-state index contributed by atoms with van der Waals surface area (Å²) in [6, 6.07) is 17.0. The molecule has 1 fully saturated rings. The number of nitrogens with one attached hydrogen (secondary N) is 1. The van der Waals surface area contributed by atoms with Gasteiger partial charge in [-0.05, 0) is 49.4 Å². The Morgan fingerprint density at radius 3 is 2.58 bits per heavy atom. The molecule has 2 aromatic carbocycles. The summed E-state index contributed by atoms with van der Waals surface area (Å²) in [5.41, 5.74) is 8.71. The summed E-state index contributed by atoms with van der Waals surface area (Å²) in [5, 5.41) is 9.85. The van der Waals surface area contributed by atoms with Crippen LogP contribution in [0, 0.1) is 0 Å². The van der Waals surface area contributed by atoms with Gasteiger partial charge in [-0.1, -0.05) is 18.2 Å². The Bertz CT molecular complexity index is 1040. The molecule has 3 aliphatic rings. The largest absolute Gasteiger partial charge is 0.457 e. The topological polar surface area (TPSA) is 78.5 Å². The van der Waals surface area contributed by atoms with E-state index in [0.717, 1.165) is 34.9 Å². The van der Waals surface area contributed by atoms with Gasteiger partial charge in [0.25, 0.3) is 0 Å². The van der Waals surface area contributed by atoms with Gasteiger partial charge in [-0.2, -0.15) is 5.10 Å². The summed E-state index contributed by atoms with van der Waals surface area (Å²) in [5.74, 6) is 1.91. The number of aliphatic imine (C=N–C) groups is 1. The minimum absolute atomic E-state index is 0.269. The number of rotatable bonds is 4. The van der Waals surface area contributed by atoms with E-state index in [1.165, 1.54) is 0 Å². The molecule has 8 heteroatoms. The zero-order valence-corrected chi connectivity index (χ0v) is 17.3. The van der Waals surface area contributed by atoms with Crippen LogP contribution >= 0.6 is 0 Å². The number of halogens is 1. The van der Waals surface area contributed by atoms with Gasteiger partial charge in [0, 0.05) is 19.2 Å². The second-order valence-corrected chi connectivity index (χ2v) is 7.93. The van der Waals surface area contributed by atoms with Crippen molar-refractivity contribution < 1.29 is 9.13 Å². The number of hydrogen-bond acceptors (Lipinski definition) is 7. The number of nitrogens with two attached hydrogens (primary N) is 1. The van der Waals surface area contributed by atoms with Crippen LogP contribution in [-0.4, -0.2) is 60.5 Å². The van der Waals surface area contributed by atoms with E-state index in [4.69, 9.17) is 15.6 Å². The van der Waals surface area contributed by atoms with Gasteiger partial charge in [-0.3, -0.25) is 5.01 Å². The lowest BCUT2D eigenvalue weighted by Crippen LogP contribution is -2.55. The summed E-state index contributed by atoms with van der Waals surface area (Å²) >= 11 is 0. The number of benzene rings is 2. The molecule has 3 heterocycles. The van der Waals surface area contributed by atoms with Crippen LogP contribution in [-0.2, 0) is 0 Å². The molecule has 160 valence electrons. The highest BCUT2D eigenvalue weighted by Crippen LogP contribution is 2.35. The van der Waals surface area contributed by atoms with Crippen LogP contribution in [0.3, 0.4) is 0 Å². The molecule has 3 aliphatic heterocycles. The van der Waals surface area contributed by atoms with Crippen LogP contribution in [0.1, 0.15) is 12.0 Å². The molecule has 1 saturated heterocycles. The maximum atomic E-state index is 14.8. The Morgan fingerprint density at radius 2 is 1.84 bits per heavy atom. The Hall–Kier alpha value is -3.39. The second kappa shape index (κ2) is 8.03. The van der Waals surface area contributed by atoms with Gasteiger partial charge in [0.05, 0.1) is 18.0 Å². The molecule has 0 bridgehead atoms. The van der Waals surface area contributed by atoms with Crippen molar-refractivity contribution in [1.82, 2.24) is 15.2 Å². The number of hydrogen-bond donors (Lipinski definition) is 2. The lowest BCUT2D eigenvalue weighted by atomic mass is 9.98. The van der Waals surface area contributed by atoms with Crippen LogP contribution in [0.4, 0.5) is 4.39 Å². The van der Waals surface area contributed by atoms with E-state index in [0.29, 0.717) is 18.8 Å². The molecular weight excluding hydrogens is 395 g/mol. The smallest absolute Gasteiger partial charge is 0.151 e. The quantitative estimate of drug-likeness (QED) is 0.795. The number of nitrogens with zero attached hydrogens (tertiary/aromatic N) is 4. The Balaban J connectivity index is 1.47. The van der Waals surface area contributed by atoms with E-state index in [1.54, 1.807) is 6.34 Å². The third kappa shape index (κ3) is 3.63. The Morgan fingerprint density at radius 1 is 1.10 bits per heavy atom. The Kier molecular flexibility index (Phi) is 5.07. The fourth-order valence-electron chi connectivity index (χ4n) is 4.29. The number of hydrazone groups is 1. The third-order valence-corrected chi connectivity index (χ3v) is 5.84. The molecule has 0 amide bonds. The zero-order valence-electron chi connectivity index (χ0n) is 17.3. The number of fused-ring (bicyclic) bond motifs is 1. The molecular formula is C23H25FN6O. The summed E-state index contributed by atoms with van der Waals surface area (Å²) in [6.45, 7) is 1.09. The van der Waals surface area contributed by atoms with E-state index in [1.807, 2.05) is 71.6 Å². The van der Waals surface area contributed by atoms with Crippen molar-refractivity contribution in [3.63, 3.8) is 0 Å². The van der Waals surface area contributed by atoms with Crippen LogP contribution in [0.2, 0.25) is 0 Å². The van der Waals surface area contributed by atoms with Crippen molar-refractivity contribution in [2.75, 3.05) is 20.1 Å². The highest BCUT2D eigenvalue weighted by Gasteiger charge is 2.44. The van der Waals surface area contributed by atoms with Gasteiger partial charge >= 0.3 is 0 Å². The molecule has 0 saturated carbocycles. The van der Waals surface area contributed by atoms with E-state index < -0.39 is 6.17 Å². The highest BCUT2D eigenvalue weighted by molar-refractivity contribution is 6.15. The monoisotopic (exact) mass is 420 g/mol. The number of piperidine rings is 1. The number of likely N-dealkylation sites (N-methyl/N-ethyl adjacent to an activating group) is 1. The molecule has 3 atom stereocenters. The molecule has 7 nitrogen and oxygen atoms in total. The second-order valence-electron chi connectivity index (χ2n) is 7.93. The van der Waals surface area contributed by atoms with Crippen molar-refractivity contribution in [2.45, 2.75) is 24.8 Å². The molecule has 3 N–H and O–H groups in total. The van der Waals surface area contributed by atoms with Crippen LogP contribution in [0.25, 0.3) is 0 Å². The normalized spacial score (nSPS) is 25.5. The first-order valence-electron chi connectivity index (χ1n) is 10.4. The van der Waals surface area contributed by atoms with Crippen molar-refractivity contribution in [1.29, 1.82) is 0 Å². The first-order valence-corrected chi connectivity index (χ1v) is 10.4. The third-order valence-electron chi connectivity index (χ3n) is 5.84. The Labute approximate surface area is 180 Å². The molecule has 0 spiro atoms. The lowest BCUT2D eigenvalue weighted by molar-refractivity contribution is 0.0373. The fourth-order valence-corrected chi connectivity index (χ4v) is 4.29. The molecule has 1 unspecified atom stereocenters. The number of ether oxygens (including phenoxy) is 1. The lowest BCUT2D eigenvalue weighted by Gasteiger charge is -2.40. The van der Waals surface area contributed by atoms with Crippen LogP contribution in [0.15, 0.2) is 76.1 Å². The van der Waals surface area contributed by atoms with Gasteiger partial charge in [0.15, 0.2) is 6.17 Å². The maximum Gasteiger partial charge on any atom is 0.151 e. The zero-order chi connectivity index (χ0) is 21.4. The molecule has 2 aromatic rings. The van der Waals surface area contributed by atoms with E-state index in [2.05, 4.69) is 10.3 Å². The molecule has 0 radical (unpaired) electrons. The highest BCUT2D eigenvalue weighted by atomic mass is 19.1. The van der Waals surface area contributed by atoms with E-state index in [-0.39, 0.29) is 12.2 Å². The molecule has 0 aliphatic carbocycles. The van der Waals surface area contributed by atoms with Gasteiger partial charge in [0.1, 0.15) is 29.2 Å². The molecule has 31 heavy (non-hydrogen) atoms. The SMILES string of the molecule is CN1C=NC(N)=C2C(c3ccc(Oc4ccccc4)cc3)=NN([C@H]3CCNC[C@@H]3F)C21. The average Bonchev–Trinajstić information content (AvgIpc) is 3.20. The van der Waals surface area contributed by atoms with Crippen molar-refractivity contribution in [3.8, 4) is 11.5 Å². The first-order chi connectivity index (χ1) is 15.1. The predicted molar refractivity (Wildman–Crippen MR) is 119 cm³/mol. The van der Waals surface area contributed by atoms with Crippen LogP contribution in [0.5, 0.6) is 11.5 Å². The predicted octanol–water partition coefficient (Wildman–Crippen LogP) is 2.67. The summed E-state index contributed by atoms with van der Waals surface area (Å²) in [6.07, 6.45) is 1.08. The average molecular weight is 420 g/mol. The van der Waals surface area contributed by atoms with Gasteiger partial charge in [0.2, 0.25) is 0 Å². The van der Waals surface area contributed by atoms with Crippen molar-refractivity contribution in [3.05, 3.63) is 71.6 Å². The first kappa shape index (κ1) is 19.6. The van der Waals surface area contributed by atoms with Crippen molar-refractivity contribution >= 4 is 12.1 Å². The standard InChI is InChI=1S/C23H25FN6O/c1-29-14-27-22(25)20-21(28-30(23(20)29)19-11-12-26-13-18(19)24)15-7-9-17(10-8-15)31-16-5-3-2-4-6-16/h2-10,14,18-19,23,26H,11-13,25H2,1H3/t18-,19-,23?/m0/s1. The summed E-state index contributed by atoms with van der Waals surface area (Å²) in [7, 11) is 1.91. The van der Waals surface area contributed by atoms with E-state index in [9.17, 15) is 4.39 Å². The minimum Gasteiger partial charge on any atom is -0.457 e. The molecule has 5 rings (SSSR count). The summed E-state index contributed by atoms with van der Waals surface area (Å²) < 4.78 is 20.7. The molecule has 0 aromatic heterocycles. The van der Waals surface area contributed by atoms with E-state index >= 15 is 0 Å². The van der Waals surface area contributed by atoms with Crippen LogP contribution < -0.4 is 15.8 Å².